The zero-order valence-electron chi connectivity index (χ0n) is 7.13. The molecule has 4 heteroatoms. The molecule has 0 aliphatic rings. The van der Waals surface area contributed by atoms with Crippen LogP contribution in [0.15, 0.2) is 0 Å². The molecule has 0 rings (SSSR count). The SMILES string of the molecule is CCC(N)(C(=O)O)C(C)C.Cl. The molecule has 1 atom stereocenters. The molecule has 1 unspecified atom stereocenters. The summed E-state index contributed by atoms with van der Waals surface area (Å²) in [5, 5.41) is 8.68. The molecule has 68 valence electrons. The molecule has 0 saturated carbocycles. The molecule has 0 spiro atoms. The summed E-state index contributed by atoms with van der Waals surface area (Å²) in [4.78, 5) is 10.6. The van der Waals surface area contributed by atoms with Crippen LogP contribution < -0.4 is 5.73 Å². The van der Waals surface area contributed by atoms with Crippen molar-refractivity contribution in [1.29, 1.82) is 0 Å². The molecule has 3 N–H and O–H groups in total. The summed E-state index contributed by atoms with van der Waals surface area (Å²) in [5.41, 5.74) is 4.54. The van der Waals surface area contributed by atoms with Crippen LogP contribution in [0.3, 0.4) is 0 Å². The van der Waals surface area contributed by atoms with Crippen molar-refractivity contribution in [1.82, 2.24) is 0 Å². The second kappa shape index (κ2) is 4.57. The van der Waals surface area contributed by atoms with Gasteiger partial charge in [-0.05, 0) is 12.3 Å². The molecule has 0 aromatic heterocycles. The minimum Gasteiger partial charge on any atom is -0.480 e. The molecule has 11 heavy (non-hydrogen) atoms. The predicted molar refractivity (Wildman–Crippen MR) is 46.9 cm³/mol. The van der Waals surface area contributed by atoms with Crippen molar-refractivity contribution >= 4 is 18.4 Å². The summed E-state index contributed by atoms with van der Waals surface area (Å²) in [6.07, 6.45) is 0.472. The van der Waals surface area contributed by atoms with Gasteiger partial charge >= 0.3 is 5.97 Å². The lowest BCUT2D eigenvalue weighted by Gasteiger charge is -2.26. The van der Waals surface area contributed by atoms with Crippen molar-refractivity contribution in [2.24, 2.45) is 11.7 Å². The van der Waals surface area contributed by atoms with E-state index in [1.54, 1.807) is 6.92 Å². The van der Waals surface area contributed by atoms with Gasteiger partial charge in [-0.25, -0.2) is 0 Å². The summed E-state index contributed by atoms with van der Waals surface area (Å²) in [6.45, 7) is 5.42. The first kappa shape index (κ1) is 13.3. The van der Waals surface area contributed by atoms with Gasteiger partial charge in [-0.2, -0.15) is 0 Å². The number of carboxylic acid groups (broad SMARTS) is 1. The minimum absolute atomic E-state index is 0. The number of hydrogen-bond donors (Lipinski definition) is 2. The van der Waals surface area contributed by atoms with Crippen LogP contribution in [-0.2, 0) is 4.79 Å². The van der Waals surface area contributed by atoms with Crippen LogP contribution in [0.25, 0.3) is 0 Å². The molecule has 0 aliphatic heterocycles. The lowest BCUT2D eigenvalue weighted by molar-refractivity contribution is -0.145. The van der Waals surface area contributed by atoms with Crippen LogP contribution in [0.2, 0.25) is 0 Å². The third-order valence-electron chi connectivity index (χ3n) is 2.01. The smallest absolute Gasteiger partial charge is 0.323 e. The highest BCUT2D eigenvalue weighted by atomic mass is 35.5. The van der Waals surface area contributed by atoms with Gasteiger partial charge in [-0.3, -0.25) is 4.79 Å². The number of halogens is 1. The molecule has 0 heterocycles. The largest absolute Gasteiger partial charge is 0.480 e. The standard InChI is InChI=1S/C7H15NO2.ClH/c1-4-7(8,5(2)3)6(9)10;/h5H,4,8H2,1-3H3,(H,9,10);1H. The lowest BCUT2D eigenvalue weighted by atomic mass is 9.85. The maximum absolute atomic E-state index is 10.6. The molecule has 0 aromatic carbocycles. The van der Waals surface area contributed by atoms with Crippen LogP contribution in [0.1, 0.15) is 27.2 Å². The monoisotopic (exact) mass is 181 g/mol. The van der Waals surface area contributed by atoms with E-state index in [0.717, 1.165) is 0 Å². The summed E-state index contributed by atoms with van der Waals surface area (Å²) < 4.78 is 0. The Balaban J connectivity index is 0. The molecule has 0 saturated heterocycles. The van der Waals surface area contributed by atoms with Crippen molar-refractivity contribution < 1.29 is 9.90 Å². The quantitative estimate of drug-likeness (QED) is 0.689. The van der Waals surface area contributed by atoms with Gasteiger partial charge in [0.25, 0.3) is 0 Å². The van der Waals surface area contributed by atoms with E-state index in [9.17, 15) is 4.79 Å². The van der Waals surface area contributed by atoms with E-state index in [0.29, 0.717) is 6.42 Å². The van der Waals surface area contributed by atoms with E-state index >= 15 is 0 Å². The summed E-state index contributed by atoms with van der Waals surface area (Å²) in [5.74, 6) is -0.931. The van der Waals surface area contributed by atoms with Crippen molar-refractivity contribution in [2.45, 2.75) is 32.7 Å². The molecule has 0 aromatic rings. The third kappa shape index (κ3) is 2.67. The van der Waals surface area contributed by atoms with Crippen LogP contribution >= 0.6 is 12.4 Å². The Labute approximate surface area is 73.4 Å². The average molecular weight is 182 g/mol. The van der Waals surface area contributed by atoms with Crippen molar-refractivity contribution in [2.75, 3.05) is 0 Å². The maximum Gasteiger partial charge on any atom is 0.323 e. The van der Waals surface area contributed by atoms with Crippen molar-refractivity contribution in [3.05, 3.63) is 0 Å². The topological polar surface area (TPSA) is 63.3 Å². The van der Waals surface area contributed by atoms with Gasteiger partial charge in [0, 0.05) is 0 Å². The molecule has 0 fully saturated rings. The molecular weight excluding hydrogens is 166 g/mol. The predicted octanol–water partition coefficient (Wildman–Crippen LogP) is 1.26. The van der Waals surface area contributed by atoms with E-state index in [2.05, 4.69) is 0 Å². The average Bonchev–Trinajstić information content (AvgIpc) is 1.85. The third-order valence-corrected chi connectivity index (χ3v) is 2.01. The Morgan fingerprint density at radius 2 is 2.00 bits per heavy atom. The van der Waals surface area contributed by atoms with Gasteiger partial charge in [-0.15, -0.1) is 12.4 Å². The van der Waals surface area contributed by atoms with Crippen LogP contribution in [-0.4, -0.2) is 16.6 Å². The fourth-order valence-corrected chi connectivity index (χ4v) is 0.806. The number of rotatable bonds is 3. The highest BCUT2D eigenvalue weighted by molar-refractivity contribution is 5.85. The lowest BCUT2D eigenvalue weighted by Crippen LogP contribution is -2.51. The zero-order valence-corrected chi connectivity index (χ0v) is 7.94. The number of aliphatic carboxylic acids is 1. The number of carbonyl (C=O) groups is 1. The van der Waals surface area contributed by atoms with Gasteiger partial charge in [0.15, 0.2) is 0 Å². The van der Waals surface area contributed by atoms with E-state index < -0.39 is 11.5 Å². The number of carboxylic acids is 1. The second-order valence-electron chi connectivity index (χ2n) is 2.85. The fourth-order valence-electron chi connectivity index (χ4n) is 0.806. The van der Waals surface area contributed by atoms with Crippen LogP contribution in [0, 0.1) is 5.92 Å². The first-order chi connectivity index (χ1) is 4.45. The number of hydrogen-bond acceptors (Lipinski definition) is 2. The summed E-state index contributed by atoms with van der Waals surface area (Å²) in [6, 6.07) is 0. The van der Waals surface area contributed by atoms with Crippen LogP contribution in [0.5, 0.6) is 0 Å². The van der Waals surface area contributed by atoms with Gasteiger partial charge in [0.05, 0.1) is 0 Å². The molecule has 3 nitrogen and oxygen atoms in total. The van der Waals surface area contributed by atoms with Crippen molar-refractivity contribution in [3.63, 3.8) is 0 Å². The highest BCUT2D eigenvalue weighted by Crippen LogP contribution is 2.17. The molecule has 0 bridgehead atoms. The van der Waals surface area contributed by atoms with Gasteiger partial charge < -0.3 is 10.8 Å². The first-order valence-corrected chi connectivity index (χ1v) is 3.47. The second-order valence-corrected chi connectivity index (χ2v) is 2.85. The Morgan fingerprint density at radius 3 is 2.00 bits per heavy atom. The van der Waals surface area contributed by atoms with Gasteiger partial charge in [-0.1, -0.05) is 20.8 Å². The zero-order chi connectivity index (χ0) is 8.36. The molecular formula is C7H16ClNO2. The van der Waals surface area contributed by atoms with E-state index in [1.807, 2.05) is 13.8 Å². The molecule has 0 radical (unpaired) electrons. The maximum atomic E-state index is 10.6. The highest BCUT2D eigenvalue weighted by Gasteiger charge is 2.35. The van der Waals surface area contributed by atoms with Crippen LogP contribution in [0.4, 0.5) is 0 Å². The Kier molecular flexibility index (Phi) is 5.53. The normalized spacial score (nSPS) is 15.4. The molecule has 0 aliphatic carbocycles. The number of nitrogens with two attached hydrogens (primary N) is 1. The minimum atomic E-state index is -1.04. The van der Waals surface area contributed by atoms with Gasteiger partial charge in [0.2, 0.25) is 0 Å². The first-order valence-electron chi connectivity index (χ1n) is 3.47. The van der Waals surface area contributed by atoms with Gasteiger partial charge in [0.1, 0.15) is 5.54 Å². The van der Waals surface area contributed by atoms with E-state index in [1.165, 1.54) is 0 Å². The van der Waals surface area contributed by atoms with E-state index in [4.69, 9.17) is 10.8 Å². The Hall–Kier alpha value is -0.280. The van der Waals surface area contributed by atoms with Crippen molar-refractivity contribution in [3.8, 4) is 0 Å². The Bertz CT molecular complexity index is 138. The van der Waals surface area contributed by atoms with E-state index in [-0.39, 0.29) is 18.3 Å². The Morgan fingerprint density at radius 1 is 1.64 bits per heavy atom. The molecule has 0 amide bonds. The summed E-state index contributed by atoms with van der Waals surface area (Å²) >= 11 is 0. The summed E-state index contributed by atoms with van der Waals surface area (Å²) in [7, 11) is 0. The fraction of sp³-hybridized carbons (Fsp3) is 0.857.